The van der Waals surface area contributed by atoms with E-state index in [4.69, 9.17) is 9.73 Å². The molecule has 0 atom stereocenters. The van der Waals surface area contributed by atoms with Crippen molar-refractivity contribution in [2.75, 3.05) is 33.3 Å². The van der Waals surface area contributed by atoms with Crippen LogP contribution in [0.1, 0.15) is 56.7 Å². The van der Waals surface area contributed by atoms with Crippen LogP contribution in [-0.4, -0.2) is 50.1 Å². The molecular weight excluding hydrogens is 358 g/mol. The quantitative estimate of drug-likeness (QED) is 0.471. The van der Waals surface area contributed by atoms with Crippen molar-refractivity contribution in [1.29, 1.82) is 0 Å². The summed E-state index contributed by atoms with van der Waals surface area (Å²) >= 11 is 1.88. The van der Waals surface area contributed by atoms with Gasteiger partial charge in [-0.3, -0.25) is 9.79 Å². The molecule has 0 unspecified atom stereocenters. The van der Waals surface area contributed by atoms with Crippen LogP contribution in [0.2, 0.25) is 0 Å². The SMILES string of the molecule is CCNC(=NCC1(c2cccs2)CCCCC1)N1CCC(C(=O)OC)CC1. The van der Waals surface area contributed by atoms with Gasteiger partial charge in [-0.2, -0.15) is 0 Å². The zero-order valence-electron chi connectivity index (χ0n) is 16.7. The second kappa shape index (κ2) is 9.58. The highest BCUT2D eigenvalue weighted by atomic mass is 32.1. The third kappa shape index (κ3) is 4.84. The summed E-state index contributed by atoms with van der Waals surface area (Å²) in [6.07, 6.45) is 8.10. The normalized spacial score (nSPS) is 21.1. The zero-order chi connectivity index (χ0) is 19.1. The van der Waals surface area contributed by atoms with E-state index in [0.29, 0.717) is 0 Å². The maximum absolute atomic E-state index is 11.8. The maximum atomic E-state index is 11.8. The Labute approximate surface area is 167 Å². The Morgan fingerprint density at radius 2 is 2.07 bits per heavy atom. The topological polar surface area (TPSA) is 53.9 Å². The van der Waals surface area contributed by atoms with Crippen molar-refractivity contribution in [3.63, 3.8) is 0 Å². The van der Waals surface area contributed by atoms with Crippen molar-refractivity contribution in [3.05, 3.63) is 22.4 Å². The number of hydrogen-bond acceptors (Lipinski definition) is 4. The fourth-order valence-electron chi connectivity index (χ4n) is 4.44. The molecule has 1 aromatic rings. The van der Waals surface area contributed by atoms with Gasteiger partial charge >= 0.3 is 5.97 Å². The lowest BCUT2D eigenvalue weighted by Crippen LogP contribution is -2.47. The standard InChI is InChI=1S/C21H33N3O2S/c1-3-22-20(24-13-9-17(10-14-24)19(25)26-2)23-16-21(11-5-4-6-12-21)18-8-7-15-27-18/h7-8,15,17H,3-6,9-14,16H2,1-2H3,(H,22,23). The first-order valence-corrected chi connectivity index (χ1v) is 11.2. The molecule has 150 valence electrons. The molecule has 6 heteroatoms. The second-order valence-electron chi connectivity index (χ2n) is 7.77. The van der Waals surface area contributed by atoms with Crippen molar-refractivity contribution in [2.45, 2.75) is 57.3 Å². The van der Waals surface area contributed by atoms with Gasteiger partial charge in [-0.15, -0.1) is 11.3 Å². The summed E-state index contributed by atoms with van der Waals surface area (Å²) in [6, 6.07) is 4.46. The molecule has 27 heavy (non-hydrogen) atoms. The highest BCUT2D eigenvalue weighted by Crippen LogP contribution is 2.41. The molecule has 2 aliphatic rings. The van der Waals surface area contributed by atoms with Crippen LogP contribution in [0, 0.1) is 5.92 Å². The van der Waals surface area contributed by atoms with Crippen LogP contribution < -0.4 is 5.32 Å². The Bertz CT molecular complexity index is 615. The average molecular weight is 392 g/mol. The number of nitrogens with zero attached hydrogens (tertiary/aromatic N) is 2. The van der Waals surface area contributed by atoms with Crippen molar-refractivity contribution in [2.24, 2.45) is 10.9 Å². The van der Waals surface area contributed by atoms with Gasteiger partial charge in [-0.25, -0.2) is 0 Å². The highest BCUT2D eigenvalue weighted by Gasteiger charge is 2.35. The van der Waals surface area contributed by atoms with Crippen molar-refractivity contribution in [1.82, 2.24) is 10.2 Å². The fraction of sp³-hybridized carbons (Fsp3) is 0.714. The number of carbonyl (C=O) groups excluding carboxylic acids is 1. The number of piperidine rings is 1. The molecule has 3 rings (SSSR count). The van der Waals surface area contributed by atoms with Crippen LogP contribution in [0.25, 0.3) is 0 Å². The minimum atomic E-state index is -0.0737. The summed E-state index contributed by atoms with van der Waals surface area (Å²) in [5.74, 6) is 0.961. The number of nitrogens with one attached hydrogen (secondary N) is 1. The third-order valence-electron chi connectivity index (χ3n) is 6.05. The first-order valence-electron chi connectivity index (χ1n) is 10.3. The summed E-state index contributed by atoms with van der Waals surface area (Å²) in [5.41, 5.74) is 0.206. The average Bonchev–Trinajstić information content (AvgIpc) is 3.27. The molecule has 1 aromatic heterocycles. The Hall–Kier alpha value is -1.56. The lowest BCUT2D eigenvalue weighted by Gasteiger charge is -2.37. The van der Waals surface area contributed by atoms with E-state index in [1.807, 2.05) is 11.3 Å². The van der Waals surface area contributed by atoms with E-state index in [9.17, 15) is 4.79 Å². The molecule has 1 N–H and O–H groups in total. The number of aliphatic imine (C=N–C) groups is 1. The largest absolute Gasteiger partial charge is 0.469 e. The summed E-state index contributed by atoms with van der Waals surface area (Å²) in [4.78, 5) is 20.7. The number of carbonyl (C=O) groups is 1. The van der Waals surface area contributed by atoms with E-state index < -0.39 is 0 Å². The summed E-state index contributed by atoms with van der Waals surface area (Å²) < 4.78 is 4.91. The zero-order valence-corrected chi connectivity index (χ0v) is 17.5. The Morgan fingerprint density at radius 1 is 1.33 bits per heavy atom. The summed E-state index contributed by atoms with van der Waals surface area (Å²) in [6.45, 7) is 5.55. The highest BCUT2D eigenvalue weighted by molar-refractivity contribution is 7.10. The van der Waals surface area contributed by atoms with Crippen LogP contribution in [0.5, 0.6) is 0 Å². The first-order chi connectivity index (χ1) is 13.2. The van der Waals surface area contributed by atoms with Crippen LogP contribution in [0.15, 0.2) is 22.5 Å². The van der Waals surface area contributed by atoms with Gasteiger partial charge in [0.15, 0.2) is 5.96 Å². The Morgan fingerprint density at radius 3 is 2.67 bits per heavy atom. The molecule has 2 heterocycles. The summed E-state index contributed by atoms with van der Waals surface area (Å²) in [7, 11) is 1.48. The molecule has 5 nitrogen and oxygen atoms in total. The van der Waals surface area contributed by atoms with E-state index in [-0.39, 0.29) is 17.3 Å². The second-order valence-corrected chi connectivity index (χ2v) is 8.72. The molecular formula is C21H33N3O2S. The molecule has 1 aliphatic carbocycles. The van der Waals surface area contributed by atoms with E-state index in [1.54, 1.807) is 0 Å². The number of esters is 1. The number of likely N-dealkylation sites (tertiary alicyclic amines) is 1. The van der Waals surface area contributed by atoms with Gasteiger partial charge in [0.2, 0.25) is 0 Å². The molecule has 0 aromatic carbocycles. The van der Waals surface area contributed by atoms with Gasteiger partial charge in [-0.05, 0) is 44.1 Å². The fourth-order valence-corrected chi connectivity index (χ4v) is 5.42. The molecule has 1 saturated heterocycles. The van der Waals surface area contributed by atoms with Gasteiger partial charge in [0.1, 0.15) is 0 Å². The molecule has 2 fully saturated rings. The Kier molecular flexibility index (Phi) is 7.16. The number of hydrogen-bond donors (Lipinski definition) is 1. The van der Waals surface area contributed by atoms with E-state index in [0.717, 1.165) is 45.0 Å². The minimum Gasteiger partial charge on any atom is -0.469 e. The summed E-state index contributed by atoms with van der Waals surface area (Å²) in [5, 5.41) is 5.67. The lowest BCUT2D eigenvalue weighted by molar-refractivity contribution is -0.146. The predicted octanol–water partition coefficient (Wildman–Crippen LogP) is 3.80. The van der Waals surface area contributed by atoms with Crippen LogP contribution in [0.4, 0.5) is 0 Å². The van der Waals surface area contributed by atoms with Crippen molar-refractivity contribution < 1.29 is 9.53 Å². The molecule has 0 radical (unpaired) electrons. The van der Waals surface area contributed by atoms with Gasteiger partial charge in [0, 0.05) is 29.9 Å². The minimum absolute atomic E-state index is 0.0323. The molecule has 0 amide bonds. The Balaban J connectivity index is 1.70. The molecule has 1 saturated carbocycles. The molecule has 0 bridgehead atoms. The maximum Gasteiger partial charge on any atom is 0.308 e. The van der Waals surface area contributed by atoms with Gasteiger partial charge in [0.05, 0.1) is 19.6 Å². The van der Waals surface area contributed by atoms with Gasteiger partial charge in [0.25, 0.3) is 0 Å². The smallest absolute Gasteiger partial charge is 0.308 e. The van der Waals surface area contributed by atoms with Crippen LogP contribution in [-0.2, 0) is 14.9 Å². The van der Waals surface area contributed by atoms with Gasteiger partial charge in [-0.1, -0.05) is 25.3 Å². The number of thiophene rings is 1. The monoisotopic (exact) mass is 391 g/mol. The predicted molar refractivity (Wildman–Crippen MR) is 111 cm³/mol. The van der Waals surface area contributed by atoms with Crippen LogP contribution >= 0.6 is 11.3 Å². The van der Waals surface area contributed by atoms with E-state index >= 15 is 0 Å². The lowest BCUT2D eigenvalue weighted by atomic mass is 9.73. The number of rotatable bonds is 5. The van der Waals surface area contributed by atoms with E-state index in [2.05, 4.69) is 34.7 Å². The van der Waals surface area contributed by atoms with Gasteiger partial charge < -0.3 is 15.0 Å². The molecule has 1 aliphatic heterocycles. The number of ether oxygens (including phenoxy) is 1. The van der Waals surface area contributed by atoms with Crippen molar-refractivity contribution in [3.8, 4) is 0 Å². The van der Waals surface area contributed by atoms with E-state index in [1.165, 1.54) is 44.1 Å². The van der Waals surface area contributed by atoms with Crippen LogP contribution in [0.3, 0.4) is 0 Å². The first kappa shape index (κ1) is 20.2. The number of guanidine groups is 1. The third-order valence-corrected chi connectivity index (χ3v) is 7.17. The van der Waals surface area contributed by atoms with Crippen molar-refractivity contribution >= 4 is 23.3 Å². The molecule has 0 spiro atoms. The number of methoxy groups -OCH3 is 1.